The molecule has 0 bridgehead atoms. The Kier molecular flexibility index (Phi) is 3.89. The summed E-state index contributed by atoms with van der Waals surface area (Å²) in [6, 6.07) is 12.3. The molecule has 0 saturated carbocycles. The van der Waals surface area contributed by atoms with Gasteiger partial charge in [0.1, 0.15) is 11.3 Å². The number of benzene rings is 2. The number of para-hydroxylation sites is 1. The number of nitrogens with two attached hydrogens (primary N) is 1. The largest absolute Gasteiger partial charge is 0.478 e. The number of rotatable bonds is 3. The van der Waals surface area contributed by atoms with Crippen LogP contribution in [0.4, 0.5) is 5.69 Å². The summed E-state index contributed by atoms with van der Waals surface area (Å²) in [5.74, 6) is -0.317. The molecule has 3 N–H and O–H groups in total. The Morgan fingerprint density at radius 2 is 1.81 bits per heavy atom. The summed E-state index contributed by atoms with van der Waals surface area (Å²) in [5, 5.41) is 9.22. The lowest BCUT2D eigenvalue weighted by Gasteiger charge is -2.20. The van der Waals surface area contributed by atoms with Crippen molar-refractivity contribution in [3.63, 3.8) is 0 Å². The molecule has 0 radical (unpaired) electrons. The van der Waals surface area contributed by atoms with E-state index in [0.717, 1.165) is 5.56 Å². The summed E-state index contributed by atoms with van der Waals surface area (Å²) < 4.78 is 5.73. The van der Waals surface area contributed by atoms with Crippen LogP contribution in [0.2, 0.25) is 0 Å². The fourth-order valence-electron chi connectivity index (χ4n) is 1.98. The Bertz CT molecular complexity index is 672. The Hall–Kier alpha value is -2.49. The highest BCUT2D eigenvalue weighted by Crippen LogP contribution is 2.33. The third kappa shape index (κ3) is 3.34. The quantitative estimate of drug-likeness (QED) is 0.834. The molecule has 2 rings (SSSR count). The van der Waals surface area contributed by atoms with Gasteiger partial charge in [-0.3, -0.25) is 0 Å². The first-order valence-electron chi connectivity index (χ1n) is 6.69. The van der Waals surface area contributed by atoms with Crippen LogP contribution >= 0.6 is 0 Å². The Labute approximate surface area is 124 Å². The van der Waals surface area contributed by atoms with E-state index in [-0.39, 0.29) is 16.7 Å². The number of carboxylic acids is 1. The van der Waals surface area contributed by atoms with Gasteiger partial charge >= 0.3 is 5.97 Å². The zero-order valence-corrected chi connectivity index (χ0v) is 12.4. The standard InChI is InChI=1S/C17H19NO3/c1-17(2,3)11-6-4-7-12(10-11)21-15-13(16(19)20)8-5-9-14(15)18/h4-10H,18H2,1-3H3,(H,19,20). The van der Waals surface area contributed by atoms with Gasteiger partial charge in [-0.2, -0.15) is 0 Å². The van der Waals surface area contributed by atoms with Crippen molar-refractivity contribution in [1.82, 2.24) is 0 Å². The third-order valence-electron chi connectivity index (χ3n) is 3.20. The predicted molar refractivity (Wildman–Crippen MR) is 83.0 cm³/mol. The van der Waals surface area contributed by atoms with Gasteiger partial charge in [0, 0.05) is 0 Å². The second kappa shape index (κ2) is 5.48. The summed E-state index contributed by atoms with van der Waals surface area (Å²) in [7, 11) is 0. The van der Waals surface area contributed by atoms with Gasteiger partial charge in [-0.05, 0) is 35.2 Å². The van der Waals surface area contributed by atoms with Crippen LogP contribution in [0.5, 0.6) is 11.5 Å². The number of carbonyl (C=O) groups is 1. The molecule has 0 aliphatic carbocycles. The van der Waals surface area contributed by atoms with E-state index < -0.39 is 5.97 Å². The van der Waals surface area contributed by atoms with Gasteiger partial charge in [0.15, 0.2) is 5.75 Å². The number of anilines is 1. The lowest BCUT2D eigenvalue weighted by Crippen LogP contribution is -2.11. The first-order chi connectivity index (χ1) is 9.79. The predicted octanol–water partition coefficient (Wildman–Crippen LogP) is 4.06. The van der Waals surface area contributed by atoms with Crippen molar-refractivity contribution < 1.29 is 14.6 Å². The van der Waals surface area contributed by atoms with Crippen molar-refractivity contribution in [3.8, 4) is 11.5 Å². The maximum absolute atomic E-state index is 11.3. The van der Waals surface area contributed by atoms with E-state index in [4.69, 9.17) is 10.5 Å². The van der Waals surface area contributed by atoms with Crippen LogP contribution < -0.4 is 10.5 Å². The molecule has 0 aliphatic heterocycles. The molecule has 0 atom stereocenters. The Morgan fingerprint density at radius 3 is 2.43 bits per heavy atom. The van der Waals surface area contributed by atoms with Crippen LogP contribution in [0.25, 0.3) is 0 Å². The number of ether oxygens (including phenoxy) is 1. The van der Waals surface area contributed by atoms with E-state index in [1.165, 1.54) is 6.07 Å². The topological polar surface area (TPSA) is 72.5 Å². The van der Waals surface area contributed by atoms with Crippen LogP contribution in [0.1, 0.15) is 36.7 Å². The van der Waals surface area contributed by atoms with E-state index in [0.29, 0.717) is 11.4 Å². The average molecular weight is 285 g/mol. The minimum atomic E-state index is -1.07. The highest BCUT2D eigenvalue weighted by atomic mass is 16.5. The molecular weight excluding hydrogens is 266 g/mol. The van der Waals surface area contributed by atoms with Crippen molar-refractivity contribution in [2.24, 2.45) is 0 Å². The molecule has 0 heterocycles. The normalized spacial score (nSPS) is 11.2. The highest BCUT2D eigenvalue weighted by molar-refractivity contribution is 5.93. The highest BCUT2D eigenvalue weighted by Gasteiger charge is 2.17. The lowest BCUT2D eigenvalue weighted by atomic mass is 9.87. The molecule has 0 spiro atoms. The minimum absolute atomic E-state index is 0.0166. The van der Waals surface area contributed by atoms with Gasteiger partial charge in [-0.25, -0.2) is 4.79 Å². The first kappa shape index (κ1) is 14.9. The first-order valence-corrected chi connectivity index (χ1v) is 6.69. The Balaban J connectivity index is 2.42. The van der Waals surface area contributed by atoms with E-state index in [1.807, 2.05) is 18.2 Å². The van der Waals surface area contributed by atoms with Gasteiger partial charge in [-0.15, -0.1) is 0 Å². The molecule has 0 aromatic heterocycles. The summed E-state index contributed by atoms with van der Waals surface area (Å²) in [4.78, 5) is 11.3. The fraction of sp³-hybridized carbons (Fsp3) is 0.235. The molecule has 110 valence electrons. The van der Waals surface area contributed by atoms with Crippen molar-refractivity contribution in [1.29, 1.82) is 0 Å². The molecule has 0 saturated heterocycles. The number of nitrogen functional groups attached to an aromatic ring is 1. The lowest BCUT2D eigenvalue weighted by molar-refractivity contribution is 0.0694. The van der Waals surface area contributed by atoms with Crippen LogP contribution in [-0.2, 0) is 5.41 Å². The fourth-order valence-corrected chi connectivity index (χ4v) is 1.98. The SMILES string of the molecule is CC(C)(C)c1cccc(Oc2c(N)cccc2C(=O)O)c1. The van der Waals surface area contributed by atoms with Crippen LogP contribution in [0.15, 0.2) is 42.5 Å². The van der Waals surface area contributed by atoms with Gasteiger partial charge in [-0.1, -0.05) is 39.0 Å². The van der Waals surface area contributed by atoms with E-state index >= 15 is 0 Å². The summed E-state index contributed by atoms with van der Waals surface area (Å²) in [6.07, 6.45) is 0. The van der Waals surface area contributed by atoms with Crippen molar-refractivity contribution in [2.45, 2.75) is 26.2 Å². The van der Waals surface area contributed by atoms with Crippen LogP contribution in [-0.4, -0.2) is 11.1 Å². The molecule has 2 aromatic carbocycles. The smallest absolute Gasteiger partial charge is 0.339 e. The third-order valence-corrected chi connectivity index (χ3v) is 3.20. The monoisotopic (exact) mass is 285 g/mol. The van der Waals surface area contributed by atoms with Crippen molar-refractivity contribution in [3.05, 3.63) is 53.6 Å². The number of aromatic carboxylic acids is 1. The second-order valence-corrected chi connectivity index (χ2v) is 5.91. The number of hydrogen-bond donors (Lipinski definition) is 2. The molecule has 2 aromatic rings. The van der Waals surface area contributed by atoms with E-state index in [2.05, 4.69) is 20.8 Å². The number of carboxylic acid groups (broad SMARTS) is 1. The molecule has 0 unspecified atom stereocenters. The zero-order valence-electron chi connectivity index (χ0n) is 12.4. The molecule has 4 nitrogen and oxygen atoms in total. The molecule has 4 heteroatoms. The molecule has 0 aliphatic rings. The molecular formula is C17H19NO3. The zero-order chi connectivity index (χ0) is 15.6. The van der Waals surface area contributed by atoms with Gasteiger partial charge in [0.05, 0.1) is 5.69 Å². The molecule has 21 heavy (non-hydrogen) atoms. The summed E-state index contributed by atoms with van der Waals surface area (Å²) >= 11 is 0. The van der Waals surface area contributed by atoms with Gasteiger partial charge < -0.3 is 15.6 Å². The van der Waals surface area contributed by atoms with Gasteiger partial charge in [0.2, 0.25) is 0 Å². The van der Waals surface area contributed by atoms with Crippen molar-refractivity contribution >= 4 is 11.7 Å². The molecule has 0 fully saturated rings. The summed E-state index contributed by atoms with van der Waals surface area (Å²) in [6.45, 7) is 6.31. The maximum atomic E-state index is 11.3. The van der Waals surface area contributed by atoms with Crippen LogP contribution in [0.3, 0.4) is 0 Å². The van der Waals surface area contributed by atoms with E-state index in [1.54, 1.807) is 18.2 Å². The Morgan fingerprint density at radius 1 is 1.14 bits per heavy atom. The minimum Gasteiger partial charge on any atom is -0.478 e. The van der Waals surface area contributed by atoms with E-state index in [9.17, 15) is 9.90 Å². The van der Waals surface area contributed by atoms with Gasteiger partial charge in [0.25, 0.3) is 0 Å². The average Bonchev–Trinajstić information content (AvgIpc) is 2.40. The maximum Gasteiger partial charge on any atom is 0.339 e. The van der Waals surface area contributed by atoms with Crippen molar-refractivity contribution in [2.75, 3.05) is 5.73 Å². The molecule has 0 amide bonds. The second-order valence-electron chi connectivity index (χ2n) is 5.91. The summed E-state index contributed by atoms with van der Waals surface area (Å²) in [5.41, 5.74) is 7.28. The van der Waals surface area contributed by atoms with Crippen LogP contribution in [0, 0.1) is 0 Å². The number of hydrogen-bond acceptors (Lipinski definition) is 3.